The van der Waals surface area contributed by atoms with E-state index in [9.17, 15) is 14.4 Å². The summed E-state index contributed by atoms with van der Waals surface area (Å²) < 4.78 is 21.6. The first kappa shape index (κ1) is 31.1. The lowest BCUT2D eigenvalue weighted by Gasteiger charge is -2.20. The lowest BCUT2D eigenvalue weighted by atomic mass is 10.0. The van der Waals surface area contributed by atoms with Gasteiger partial charge in [-0.25, -0.2) is 0 Å². The van der Waals surface area contributed by atoms with Crippen LogP contribution in [0.4, 0.5) is 11.4 Å². The molecule has 0 saturated heterocycles. The van der Waals surface area contributed by atoms with Crippen LogP contribution in [0.15, 0.2) is 18.2 Å². The van der Waals surface area contributed by atoms with Crippen LogP contribution in [-0.2, 0) is 28.5 Å². The molecule has 0 unspecified atom stereocenters. The molecule has 0 fully saturated rings. The molecule has 7 N–H and O–H groups in total. The van der Waals surface area contributed by atoms with E-state index in [2.05, 4.69) is 16.0 Å². The lowest BCUT2D eigenvalue weighted by Crippen LogP contribution is -2.48. The average Bonchev–Trinajstić information content (AvgIpc) is 2.85. The summed E-state index contributed by atoms with van der Waals surface area (Å²) in [6, 6.07) is 4.18. The molecule has 1 rings (SSSR count). The van der Waals surface area contributed by atoms with Gasteiger partial charge in [-0.3, -0.25) is 14.4 Å². The molecule has 204 valence electrons. The number of hydrogen-bond donors (Lipinski definition) is 5. The molecule has 0 bridgehead atoms. The maximum absolute atomic E-state index is 12.0. The highest BCUT2D eigenvalue weighted by Gasteiger charge is 2.22. The first-order valence-electron chi connectivity index (χ1n) is 12.0. The molecule has 0 saturated carbocycles. The Kier molecular flexibility index (Phi) is 15.9. The van der Waals surface area contributed by atoms with Gasteiger partial charge in [0.15, 0.2) is 0 Å². The van der Waals surface area contributed by atoms with E-state index < -0.39 is 6.04 Å². The summed E-state index contributed by atoms with van der Waals surface area (Å²) in [5, 5.41) is 8.00. The van der Waals surface area contributed by atoms with Crippen LogP contribution in [-0.4, -0.2) is 90.2 Å². The monoisotopic (exact) mass is 511 g/mol. The Morgan fingerprint density at radius 1 is 0.833 bits per heavy atom. The lowest BCUT2D eigenvalue weighted by molar-refractivity contribution is -0.130. The van der Waals surface area contributed by atoms with Gasteiger partial charge in [0.05, 0.1) is 64.2 Å². The van der Waals surface area contributed by atoms with Gasteiger partial charge in [0, 0.05) is 25.6 Å². The van der Waals surface area contributed by atoms with Crippen LogP contribution < -0.4 is 27.4 Å². The molecule has 1 atom stereocenters. The molecule has 0 aliphatic rings. The molecule has 36 heavy (non-hydrogen) atoms. The van der Waals surface area contributed by atoms with Crippen LogP contribution in [0.1, 0.15) is 30.6 Å². The van der Waals surface area contributed by atoms with Crippen molar-refractivity contribution in [3.8, 4) is 0 Å². The predicted molar refractivity (Wildman–Crippen MR) is 136 cm³/mol. The van der Waals surface area contributed by atoms with Crippen LogP contribution >= 0.6 is 0 Å². The number of hydrogen-bond acceptors (Lipinski definition) is 9. The topological polar surface area (TPSA) is 176 Å². The van der Waals surface area contributed by atoms with Gasteiger partial charge >= 0.3 is 0 Å². The predicted octanol–water partition coefficient (Wildman–Crippen LogP) is -0.0759. The number of nitrogens with two attached hydrogens (primary N) is 2. The molecule has 1 aromatic rings. The largest absolute Gasteiger partial charge is 0.397 e. The molecule has 1 aromatic carbocycles. The van der Waals surface area contributed by atoms with Crippen molar-refractivity contribution < 1.29 is 33.3 Å². The summed E-state index contributed by atoms with van der Waals surface area (Å²) in [4.78, 5) is 35.7. The van der Waals surface area contributed by atoms with E-state index >= 15 is 0 Å². The van der Waals surface area contributed by atoms with Gasteiger partial charge in [-0.2, -0.15) is 0 Å². The summed E-state index contributed by atoms with van der Waals surface area (Å²) in [6.45, 7) is 7.07. The van der Waals surface area contributed by atoms with Crippen molar-refractivity contribution in [1.82, 2.24) is 16.0 Å². The maximum atomic E-state index is 12.0. The Hall–Kier alpha value is -2.93. The zero-order valence-electron chi connectivity index (χ0n) is 21.5. The van der Waals surface area contributed by atoms with E-state index in [0.29, 0.717) is 69.7 Å². The zero-order valence-corrected chi connectivity index (χ0v) is 21.5. The van der Waals surface area contributed by atoms with E-state index in [4.69, 9.17) is 30.4 Å². The van der Waals surface area contributed by atoms with Gasteiger partial charge in [0.25, 0.3) is 5.91 Å². The molecule has 3 amide bonds. The number of carbonyl (C=O) groups excluding carboxylic acids is 3. The van der Waals surface area contributed by atoms with Crippen molar-refractivity contribution in [1.29, 1.82) is 0 Å². The zero-order chi connectivity index (χ0) is 26.8. The van der Waals surface area contributed by atoms with Crippen LogP contribution in [0.3, 0.4) is 0 Å². The first-order chi connectivity index (χ1) is 17.3. The van der Waals surface area contributed by atoms with E-state index in [1.165, 1.54) is 13.1 Å². The van der Waals surface area contributed by atoms with Gasteiger partial charge < -0.3 is 46.4 Å². The number of rotatable bonds is 19. The van der Waals surface area contributed by atoms with Crippen LogP contribution in [0.2, 0.25) is 0 Å². The third-order valence-corrected chi connectivity index (χ3v) is 4.98. The summed E-state index contributed by atoms with van der Waals surface area (Å²) in [5.74, 6) is -0.701. The Morgan fingerprint density at radius 2 is 1.39 bits per heavy atom. The second kappa shape index (κ2) is 18.4. The van der Waals surface area contributed by atoms with E-state index in [1.54, 1.807) is 12.1 Å². The second-order valence-corrected chi connectivity index (χ2v) is 8.20. The minimum Gasteiger partial charge on any atom is -0.397 e. The third kappa shape index (κ3) is 13.2. The van der Waals surface area contributed by atoms with E-state index in [-0.39, 0.29) is 36.7 Å². The highest BCUT2D eigenvalue weighted by Crippen LogP contribution is 2.15. The molecule has 0 aliphatic carbocycles. The van der Waals surface area contributed by atoms with Gasteiger partial charge in [-0.1, -0.05) is 13.8 Å². The van der Waals surface area contributed by atoms with Gasteiger partial charge in [-0.15, -0.1) is 0 Å². The highest BCUT2D eigenvalue weighted by atomic mass is 16.6. The summed E-state index contributed by atoms with van der Waals surface area (Å²) in [7, 11) is 1.54. The number of likely N-dealkylation sites (N-methyl/N-ethyl adjacent to an activating group) is 1. The van der Waals surface area contributed by atoms with Crippen molar-refractivity contribution in [2.75, 3.05) is 77.9 Å². The number of nitrogen functional groups attached to an aromatic ring is 2. The molecule has 0 spiro atoms. The average molecular weight is 512 g/mol. The van der Waals surface area contributed by atoms with Crippen LogP contribution in [0.25, 0.3) is 0 Å². The summed E-state index contributed by atoms with van der Waals surface area (Å²) in [5.41, 5.74) is 12.6. The Bertz CT molecular complexity index is 807. The Morgan fingerprint density at radius 3 is 1.92 bits per heavy atom. The maximum Gasteiger partial charge on any atom is 0.251 e. The molecular weight excluding hydrogens is 470 g/mol. The second-order valence-electron chi connectivity index (χ2n) is 8.20. The number of amides is 3. The van der Waals surface area contributed by atoms with Crippen molar-refractivity contribution in [2.24, 2.45) is 5.92 Å². The third-order valence-electron chi connectivity index (χ3n) is 4.98. The van der Waals surface area contributed by atoms with Gasteiger partial charge in [-0.05, 0) is 24.1 Å². The quantitative estimate of drug-likeness (QED) is 0.126. The fraction of sp³-hybridized carbons (Fsp3) is 0.625. The Labute approximate surface area is 212 Å². The summed E-state index contributed by atoms with van der Waals surface area (Å²) >= 11 is 0. The minimum atomic E-state index is -0.558. The molecule has 12 nitrogen and oxygen atoms in total. The number of ether oxygens (including phenoxy) is 4. The molecule has 0 aromatic heterocycles. The van der Waals surface area contributed by atoms with Crippen molar-refractivity contribution >= 4 is 29.1 Å². The SMILES string of the molecule is CNC(=O)[C@@H](NC(=O)CCOCCOCCOCCOCCNC(=O)c1ccc(N)c(N)c1)C(C)C. The Balaban J connectivity index is 1.91. The highest BCUT2D eigenvalue weighted by molar-refractivity contribution is 5.96. The normalized spacial score (nSPS) is 11.8. The standard InChI is InChI=1S/C24H41N5O7/c1-17(2)22(24(32)27-3)29-21(30)6-8-33-10-12-35-14-15-36-13-11-34-9-7-28-23(31)18-4-5-19(25)20(26)16-18/h4-5,16-17,22H,6-15,25-26H2,1-3H3,(H,27,32)(H,28,31)(H,29,30)/t22-/m0/s1. The number of anilines is 2. The van der Waals surface area contributed by atoms with E-state index in [1.807, 2.05) is 13.8 Å². The first-order valence-corrected chi connectivity index (χ1v) is 12.0. The number of benzene rings is 1. The molecular formula is C24H41N5O7. The van der Waals surface area contributed by atoms with Crippen LogP contribution in [0, 0.1) is 5.92 Å². The molecule has 0 radical (unpaired) electrons. The van der Waals surface area contributed by atoms with Gasteiger partial charge in [0.2, 0.25) is 11.8 Å². The molecule has 0 heterocycles. The molecule has 0 aliphatic heterocycles. The number of carbonyl (C=O) groups is 3. The van der Waals surface area contributed by atoms with Crippen molar-refractivity contribution in [3.63, 3.8) is 0 Å². The minimum absolute atomic E-state index is 0.00805. The van der Waals surface area contributed by atoms with Crippen molar-refractivity contribution in [3.05, 3.63) is 23.8 Å². The van der Waals surface area contributed by atoms with Crippen LogP contribution in [0.5, 0.6) is 0 Å². The van der Waals surface area contributed by atoms with E-state index in [0.717, 1.165) is 0 Å². The number of nitrogens with one attached hydrogen (secondary N) is 3. The van der Waals surface area contributed by atoms with Gasteiger partial charge in [0.1, 0.15) is 6.04 Å². The van der Waals surface area contributed by atoms with Crippen molar-refractivity contribution in [2.45, 2.75) is 26.3 Å². The molecule has 12 heteroatoms. The fourth-order valence-electron chi connectivity index (χ4n) is 2.92. The summed E-state index contributed by atoms with van der Waals surface area (Å²) in [6.07, 6.45) is 0.170. The smallest absolute Gasteiger partial charge is 0.251 e. The fourth-order valence-corrected chi connectivity index (χ4v) is 2.92.